The van der Waals surface area contributed by atoms with Crippen molar-refractivity contribution in [3.63, 3.8) is 0 Å². The molecule has 0 radical (unpaired) electrons. The lowest BCUT2D eigenvalue weighted by Crippen LogP contribution is -2.37. The fraction of sp³-hybridized carbons (Fsp3) is 0.320. The Bertz CT molecular complexity index is 1080. The summed E-state index contributed by atoms with van der Waals surface area (Å²) in [7, 11) is 0. The van der Waals surface area contributed by atoms with Crippen molar-refractivity contribution in [3.05, 3.63) is 84.4 Å². The van der Waals surface area contributed by atoms with Crippen molar-refractivity contribution in [2.24, 2.45) is 0 Å². The van der Waals surface area contributed by atoms with E-state index in [1.54, 1.807) is 6.20 Å². The fourth-order valence-corrected chi connectivity index (χ4v) is 5.16. The molecule has 164 valence electrons. The normalized spacial score (nSPS) is 21.0. The maximum absolute atomic E-state index is 12.9. The Morgan fingerprint density at radius 3 is 2.62 bits per heavy atom. The van der Waals surface area contributed by atoms with Crippen LogP contribution in [0.25, 0.3) is 0 Å². The van der Waals surface area contributed by atoms with Gasteiger partial charge in [0.2, 0.25) is 5.91 Å². The van der Waals surface area contributed by atoms with Crippen LogP contribution in [-0.4, -0.2) is 32.0 Å². The number of hydrogen-bond acceptors (Lipinski definition) is 3. The fourth-order valence-electron chi connectivity index (χ4n) is 4.85. The lowest BCUT2D eigenvalue weighted by atomic mass is 9.99. The van der Waals surface area contributed by atoms with Gasteiger partial charge in [0.1, 0.15) is 6.54 Å². The van der Waals surface area contributed by atoms with Crippen molar-refractivity contribution in [2.75, 3.05) is 11.9 Å². The molecule has 2 N–H and O–H groups in total. The minimum Gasteiger partial charge on any atom is -0.352 e. The number of benzene rings is 1. The maximum atomic E-state index is 12.9. The van der Waals surface area contributed by atoms with Gasteiger partial charge in [0.25, 0.3) is 0 Å². The van der Waals surface area contributed by atoms with Gasteiger partial charge >= 0.3 is 0 Å². The first kappa shape index (κ1) is 20.7. The SMILES string of the molecule is O=C(CN1C(=S)N[C@@H](c2ccccn2)[C@@H]1c1ccn(C2CCCC2)c1)Nc1ccccc1. The van der Waals surface area contributed by atoms with Crippen molar-refractivity contribution < 1.29 is 4.79 Å². The molecule has 6 nitrogen and oxygen atoms in total. The number of nitrogens with zero attached hydrogens (tertiary/aromatic N) is 3. The van der Waals surface area contributed by atoms with E-state index < -0.39 is 0 Å². The Labute approximate surface area is 193 Å². The Morgan fingerprint density at radius 2 is 1.88 bits per heavy atom. The molecule has 2 atom stereocenters. The number of nitrogens with one attached hydrogen (secondary N) is 2. The van der Waals surface area contributed by atoms with E-state index in [9.17, 15) is 4.79 Å². The van der Waals surface area contributed by atoms with Gasteiger partial charge in [0.05, 0.1) is 17.8 Å². The van der Waals surface area contributed by atoms with Crippen LogP contribution < -0.4 is 10.6 Å². The van der Waals surface area contributed by atoms with E-state index in [-0.39, 0.29) is 24.5 Å². The molecule has 2 aliphatic rings. The Hall–Kier alpha value is -3.19. The molecular formula is C25H27N5OS. The number of thiocarbonyl (C=S) groups is 1. The summed E-state index contributed by atoms with van der Waals surface area (Å²) in [4.78, 5) is 19.5. The highest BCUT2D eigenvalue weighted by molar-refractivity contribution is 7.80. The quantitative estimate of drug-likeness (QED) is 0.543. The molecule has 1 amide bonds. The molecule has 1 saturated heterocycles. The summed E-state index contributed by atoms with van der Waals surface area (Å²) in [5.41, 5.74) is 2.84. The molecule has 7 heteroatoms. The van der Waals surface area contributed by atoms with Crippen LogP contribution in [0.1, 0.15) is 55.1 Å². The van der Waals surface area contributed by atoms with Gasteiger partial charge in [-0.05, 0) is 61.0 Å². The third-order valence-electron chi connectivity index (χ3n) is 6.39. The highest BCUT2D eigenvalue weighted by atomic mass is 32.1. The average Bonchev–Trinajstić information content (AvgIpc) is 3.56. The zero-order chi connectivity index (χ0) is 21.9. The van der Waals surface area contributed by atoms with Gasteiger partial charge in [0.15, 0.2) is 5.11 Å². The number of rotatable bonds is 6. The first-order valence-corrected chi connectivity index (χ1v) is 11.6. The first-order chi connectivity index (χ1) is 15.7. The topological polar surface area (TPSA) is 62.2 Å². The lowest BCUT2D eigenvalue weighted by molar-refractivity contribution is -0.116. The molecule has 0 unspecified atom stereocenters. The largest absolute Gasteiger partial charge is 0.352 e. The number of para-hydroxylation sites is 1. The molecule has 0 spiro atoms. The summed E-state index contributed by atoms with van der Waals surface area (Å²) < 4.78 is 2.33. The summed E-state index contributed by atoms with van der Waals surface area (Å²) in [6.07, 6.45) is 11.2. The molecule has 2 aromatic heterocycles. The Morgan fingerprint density at radius 1 is 1.09 bits per heavy atom. The molecule has 3 aromatic rings. The van der Waals surface area contributed by atoms with E-state index in [1.807, 2.05) is 53.4 Å². The van der Waals surface area contributed by atoms with E-state index in [4.69, 9.17) is 12.2 Å². The van der Waals surface area contributed by atoms with Crippen LogP contribution in [0.3, 0.4) is 0 Å². The van der Waals surface area contributed by atoms with E-state index in [2.05, 4.69) is 38.6 Å². The molecule has 32 heavy (non-hydrogen) atoms. The minimum atomic E-state index is -0.118. The van der Waals surface area contributed by atoms with Gasteiger partial charge in [-0.3, -0.25) is 9.78 Å². The monoisotopic (exact) mass is 445 g/mol. The highest BCUT2D eigenvalue weighted by Crippen LogP contribution is 2.39. The number of aromatic nitrogens is 2. The van der Waals surface area contributed by atoms with Crippen LogP contribution in [0.4, 0.5) is 5.69 Å². The van der Waals surface area contributed by atoms with Crippen LogP contribution in [0, 0.1) is 0 Å². The van der Waals surface area contributed by atoms with Crippen molar-refractivity contribution in [1.82, 2.24) is 19.8 Å². The highest BCUT2D eigenvalue weighted by Gasteiger charge is 2.41. The maximum Gasteiger partial charge on any atom is 0.244 e. The second-order valence-electron chi connectivity index (χ2n) is 8.50. The smallest absolute Gasteiger partial charge is 0.244 e. The summed E-state index contributed by atoms with van der Waals surface area (Å²) in [6, 6.07) is 17.9. The summed E-state index contributed by atoms with van der Waals surface area (Å²) in [6.45, 7) is 0.170. The molecule has 0 bridgehead atoms. The zero-order valence-electron chi connectivity index (χ0n) is 17.9. The number of anilines is 1. The van der Waals surface area contributed by atoms with Gasteiger partial charge in [-0.15, -0.1) is 0 Å². The van der Waals surface area contributed by atoms with Gasteiger partial charge in [0, 0.05) is 30.3 Å². The van der Waals surface area contributed by atoms with E-state index in [0.717, 1.165) is 16.9 Å². The molecule has 1 aliphatic heterocycles. The van der Waals surface area contributed by atoms with E-state index in [0.29, 0.717) is 11.2 Å². The standard InChI is InChI=1S/C25H27N5OS/c31-22(27-19-8-2-1-3-9-19)17-30-24(18-13-15-29(16-18)20-10-4-5-11-20)23(28-25(30)32)21-12-6-7-14-26-21/h1-3,6-9,12-16,20,23-24H,4-5,10-11,17H2,(H,27,31)(H,28,32)/t23-,24-/m0/s1. The molecule has 5 rings (SSSR count). The number of hydrogen-bond donors (Lipinski definition) is 2. The Kier molecular flexibility index (Phi) is 5.90. The zero-order valence-corrected chi connectivity index (χ0v) is 18.7. The van der Waals surface area contributed by atoms with Crippen molar-refractivity contribution in [2.45, 2.75) is 43.8 Å². The second-order valence-corrected chi connectivity index (χ2v) is 8.89. The van der Waals surface area contributed by atoms with E-state index >= 15 is 0 Å². The number of pyridine rings is 1. The van der Waals surface area contributed by atoms with Crippen LogP contribution in [0.15, 0.2) is 73.2 Å². The lowest BCUT2D eigenvalue weighted by Gasteiger charge is -2.26. The predicted octanol–water partition coefficient (Wildman–Crippen LogP) is 4.61. The molecule has 2 fully saturated rings. The molecule has 1 saturated carbocycles. The van der Waals surface area contributed by atoms with Crippen molar-refractivity contribution >= 4 is 28.9 Å². The van der Waals surface area contributed by atoms with Gasteiger partial charge in [-0.2, -0.15) is 0 Å². The number of carbonyl (C=O) groups excluding carboxylic acids is 1. The summed E-state index contributed by atoms with van der Waals surface area (Å²) in [5.74, 6) is -0.0951. The van der Waals surface area contributed by atoms with Crippen molar-refractivity contribution in [3.8, 4) is 0 Å². The summed E-state index contributed by atoms with van der Waals surface area (Å²) in [5, 5.41) is 6.97. The molecular weight excluding hydrogens is 418 g/mol. The first-order valence-electron chi connectivity index (χ1n) is 11.2. The van der Waals surface area contributed by atoms with Crippen molar-refractivity contribution in [1.29, 1.82) is 0 Å². The van der Waals surface area contributed by atoms with Gasteiger partial charge in [-0.25, -0.2) is 0 Å². The van der Waals surface area contributed by atoms with Crippen LogP contribution in [0.2, 0.25) is 0 Å². The Balaban J connectivity index is 1.43. The van der Waals surface area contributed by atoms with Crippen LogP contribution in [0.5, 0.6) is 0 Å². The van der Waals surface area contributed by atoms with E-state index in [1.165, 1.54) is 25.7 Å². The molecule has 1 aromatic carbocycles. The van der Waals surface area contributed by atoms with Gasteiger partial charge < -0.3 is 20.1 Å². The second kappa shape index (κ2) is 9.12. The van der Waals surface area contributed by atoms with Crippen LogP contribution in [-0.2, 0) is 4.79 Å². The average molecular weight is 446 g/mol. The minimum absolute atomic E-state index is 0.0951. The summed E-state index contributed by atoms with van der Waals surface area (Å²) >= 11 is 5.69. The van der Waals surface area contributed by atoms with Crippen LogP contribution >= 0.6 is 12.2 Å². The number of carbonyl (C=O) groups is 1. The number of amides is 1. The molecule has 3 heterocycles. The predicted molar refractivity (Wildman–Crippen MR) is 129 cm³/mol. The third kappa shape index (κ3) is 4.25. The molecule has 1 aliphatic carbocycles. The third-order valence-corrected chi connectivity index (χ3v) is 6.75. The van der Waals surface area contributed by atoms with Gasteiger partial charge in [-0.1, -0.05) is 37.1 Å².